The van der Waals surface area contributed by atoms with Crippen molar-refractivity contribution in [2.45, 2.75) is 39.0 Å². The number of carbonyl (C=O) groups excluding carboxylic acids is 1. The standard InChI is InChI=1S/C15H20N2O/c1-2-7-14-12-15(18)17(16-14)11-6-10-13-8-4-3-5-9-13/h3-5,8-9H,2,6-7,10-12H2,1H3. The second kappa shape index (κ2) is 6.34. The van der Waals surface area contributed by atoms with E-state index in [2.05, 4.69) is 24.2 Å². The van der Waals surface area contributed by atoms with Crippen molar-refractivity contribution in [1.82, 2.24) is 5.01 Å². The molecule has 0 aromatic heterocycles. The average Bonchev–Trinajstić information content (AvgIpc) is 2.72. The molecular weight excluding hydrogens is 224 g/mol. The number of hydrogen-bond donors (Lipinski definition) is 0. The minimum absolute atomic E-state index is 0.159. The van der Waals surface area contributed by atoms with Crippen LogP contribution in [0, 0.1) is 0 Å². The van der Waals surface area contributed by atoms with Gasteiger partial charge in [-0.2, -0.15) is 5.10 Å². The van der Waals surface area contributed by atoms with Crippen molar-refractivity contribution in [3.8, 4) is 0 Å². The van der Waals surface area contributed by atoms with Crippen LogP contribution < -0.4 is 0 Å². The van der Waals surface area contributed by atoms with E-state index in [1.54, 1.807) is 5.01 Å². The van der Waals surface area contributed by atoms with Crippen LogP contribution in [0.15, 0.2) is 35.4 Å². The van der Waals surface area contributed by atoms with Crippen LogP contribution in [-0.2, 0) is 11.2 Å². The van der Waals surface area contributed by atoms with Crippen molar-refractivity contribution in [3.05, 3.63) is 35.9 Å². The smallest absolute Gasteiger partial charge is 0.248 e. The lowest BCUT2D eigenvalue weighted by Gasteiger charge is -2.11. The molecule has 18 heavy (non-hydrogen) atoms. The first-order valence-corrected chi connectivity index (χ1v) is 6.70. The number of carbonyl (C=O) groups is 1. The van der Waals surface area contributed by atoms with Gasteiger partial charge in [-0.1, -0.05) is 43.7 Å². The summed E-state index contributed by atoms with van der Waals surface area (Å²) in [5, 5.41) is 6.04. The molecule has 1 heterocycles. The minimum Gasteiger partial charge on any atom is -0.273 e. The molecule has 3 heteroatoms. The normalized spacial score (nSPS) is 15.1. The number of hydrogen-bond acceptors (Lipinski definition) is 2. The van der Waals surface area contributed by atoms with E-state index < -0.39 is 0 Å². The van der Waals surface area contributed by atoms with Crippen molar-refractivity contribution in [3.63, 3.8) is 0 Å². The van der Waals surface area contributed by atoms with E-state index >= 15 is 0 Å². The fourth-order valence-electron chi connectivity index (χ4n) is 2.21. The van der Waals surface area contributed by atoms with Gasteiger partial charge < -0.3 is 0 Å². The molecule has 0 aliphatic carbocycles. The fourth-order valence-corrected chi connectivity index (χ4v) is 2.21. The predicted octanol–water partition coefficient (Wildman–Crippen LogP) is 3.01. The molecule has 2 rings (SSSR count). The van der Waals surface area contributed by atoms with E-state index in [4.69, 9.17) is 0 Å². The van der Waals surface area contributed by atoms with Crippen molar-refractivity contribution >= 4 is 11.6 Å². The first kappa shape index (κ1) is 12.8. The molecule has 0 saturated carbocycles. The van der Waals surface area contributed by atoms with Gasteiger partial charge in [-0.05, 0) is 24.8 Å². The zero-order valence-electron chi connectivity index (χ0n) is 10.9. The maximum Gasteiger partial charge on any atom is 0.248 e. The Kier molecular flexibility index (Phi) is 4.51. The van der Waals surface area contributed by atoms with Crippen LogP contribution in [0.5, 0.6) is 0 Å². The van der Waals surface area contributed by atoms with E-state index in [0.29, 0.717) is 6.42 Å². The van der Waals surface area contributed by atoms with Crippen molar-refractivity contribution < 1.29 is 4.79 Å². The Labute approximate surface area is 108 Å². The van der Waals surface area contributed by atoms with Crippen LogP contribution in [0.25, 0.3) is 0 Å². The first-order valence-electron chi connectivity index (χ1n) is 6.70. The lowest BCUT2D eigenvalue weighted by atomic mass is 10.1. The van der Waals surface area contributed by atoms with Crippen LogP contribution in [-0.4, -0.2) is 23.2 Å². The molecule has 0 fully saturated rings. The zero-order valence-corrected chi connectivity index (χ0v) is 10.9. The summed E-state index contributed by atoms with van der Waals surface area (Å²) in [7, 11) is 0. The number of hydrazone groups is 1. The Morgan fingerprint density at radius 3 is 2.72 bits per heavy atom. The van der Waals surface area contributed by atoms with Crippen LogP contribution >= 0.6 is 0 Å². The van der Waals surface area contributed by atoms with Crippen LogP contribution in [0.3, 0.4) is 0 Å². The van der Waals surface area contributed by atoms with E-state index in [1.807, 2.05) is 18.2 Å². The third kappa shape index (κ3) is 3.42. The molecule has 0 N–H and O–H groups in total. The molecule has 0 atom stereocenters. The average molecular weight is 244 g/mol. The van der Waals surface area contributed by atoms with Crippen LogP contribution in [0.1, 0.15) is 38.2 Å². The summed E-state index contributed by atoms with van der Waals surface area (Å²) in [4.78, 5) is 11.7. The summed E-state index contributed by atoms with van der Waals surface area (Å²) < 4.78 is 0. The van der Waals surface area contributed by atoms with Crippen molar-refractivity contribution in [2.75, 3.05) is 6.54 Å². The molecule has 1 amide bonds. The van der Waals surface area contributed by atoms with E-state index in [1.165, 1.54) is 5.56 Å². The summed E-state index contributed by atoms with van der Waals surface area (Å²) in [5.41, 5.74) is 2.36. The Bertz CT molecular complexity index is 425. The molecule has 0 spiro atoms. The molecule has 1 aromatic carbocycles. The quantitative estimate of drug-likeness (QED) is 0.757. The Morgan fingerprint density at radius 1 is 1.22 bits per heavy atom. The van der Waals surface area contributed by atoms with E-state index in [0.717, 1.165) is 37.9 Å². The predicted molar refractivity (Wildman–Crippen MR) is 73.4 cm³/mol. The van der Waals surface area contributed by atoms with Crippen LogP contribution in [0.2, 0.25) is 0 Å². The molecular formula is C15H20N2O. The van der Waals surface area contributed by atoms with Gasteiger partial charge in [0.1, 0.15) is 0 Å². The Hall–Kier alpha value is -1.64. The monoisotopic (exact) mass is 244 g/mol. The van der Waals surface area contributed by atoms with Gasteiger partial charge in [-0.3, -0.25) is 4.79 Å². The number of amides is 1. The second-order valence-corrected chi connectivity index (χ2v) is 4.70. The van der Waals surface area contributed by atoms with Crippen molar-refractivity contribution in [2.24, 2.45) is 5.10 Å². The molecule has 0 unspecified atom stereocenters. The molecule has 1 aliphatic heterocycles. The highest BCUT2D eigenvalue weighted by Gasteiger charge is 2.22. The minimum atomic E-state index is 0.159. The molecule has 3 nitrogen and oxygen atoms in total. The fraction of sp³-hybridized carbons (Fsp3) is 0.467. The third-order valence-electron chi connectivity index (χ3n) is 3.12. The number of nitrogens with zero attached hydrogens (tertiary/aromatic N) is 2. The number of rotatable bonds is 6. The Balaban J connectivity index is 1.78. The molecule has 96 valence electrons. The summed E-state index contributed by atoms with van der Waals surface area (Å²) in [6.45, 7) is 2.85. The number of aryl methyl sites for hydroxylation is 1. The van der Waals surface area contributed by atoms with Gasteiger partial charge in [0.2, 0.25) is 5.91 Å². The highest BCUT2D eigenvalue weighted by Crippen LogP contribution is 2.13. The van der Waals surface area contributed by atoms with Gasteiger partial charge in [0.15, 0.2) is 0 Å². The number of benzene rings is 1. The van der Waals surface area contributed by atoms with Gasteiger partial charge in [0.25, 0.3) is 0 Å². The van der Waals surface area contributed by atoms with Gasteiger partial charge in [-0.25, -0.2) is 5.01 Å². The molecule has 1 aromatic rings. The SMILES string of the molecule is CCCC1=NN(CCCc2ccccc2)C(=O)C1. The van der Waals surface area contributed by atoms with Gasteiger partial charge in [0.05, 0.1) is 6.42 Å². The second-order valence-electron chi connectivity index (χ2n) is 4.70. The van der Waals surface area contributed by atoms with E-state index in [9.17, 15) is 4.79 Å². The van der Waals surface area contributed by atoms with Gasteiger partial charge in [-0.15, -0.1) is 0 Å². The molecule has 0 radical (unpaired) electrons. The highest BCUT2D eigenvalue weighted by atomic mass is 16.2. The molecule has 1 aliphatic rings. The van der Waals surface area contributed by atoms with Crippen molar-refractivity contribution in [1.29, 1.82) is 0 Å². The van der Waals surface area contributed by atoms with Crippen LogP contribution in [0.4, 0.5) is 0 Å². The lowest BCUT2D eigenvalue weighted by molar-refractivity contribution is -0.128. The lowest BCUT2D eigenvalue weighted by Crippen LogP contribution is -2.22. The zero-order chi connectivity index (χ0) is 12.8. The van der Waals surface area contributed by atoms with Gasteiger partial charge in [0, 0.05) is 12.3 Å². The summed E-state index contributed by atoms with van der Waals surface area (Å²) in [5.74, 6) is 0.159. The maximum absolute atomic E-state index is 11.7. The van der Waals surface area contributed by atoms with Gasteiger partial charge >= 0.3 is 0 Å². The maximum atomic E-state index is 11.7. The first-order chi connectivity index (χ1) is 8.79. The summed E-state index contributed by atoms with van der Waals surface area (Å²) >= 11 is 0. The highest BCUT2D eigenvalue weighted by molar-refractivity contribution is 6.04. The van der Waals surface area contributed by atoms with E-state index in [-0.39, 0.29) is 5.91 Å². The topological polar surface area (TPSA) is 32.7 Å². The summed E-state index contributed by atoms with van der Waals surface area (Å²) in [6, 6.07) is 10.4. The molecule has 0 saturated heterocycles. The Morgan fingerprint density at radius 2 is 2.00 bits per heavy atom. The molecule has 0 bridgehead atoms. The third-order valence-corrected chi connectivity index (χ3v) is 3.12. The summed E-state index contributed by atoms with van der Waals surface area (Å²) in [6.07, 6.45) is 4.51. The largest absolute Gasteiger partial charge is 0.273 e.